The lowest BCUT2D eigenvalue weighted by Gasteiger charge is -2.17. The van der Waals surface area contributed by atoms with Gasteiger partial charge in [0.15, 0.2) is 6.29 Å². The molecule has 2 aromatic rings. The summed E-state index contributed by atoms with van der Waals surface area (Å²) in [6.45, 7) is 0. The SMILES string of the molecule is CN(c1ccccc1)c1ccc(C=O)cn1. The first-order chi connectivity index (χ1) is 7.81. The van der Waals surface area contributed by atoms with Gasteiger partial charge >= 0.3 is 0 Å². The zero-order chi connectivity index (χ0) is 11.4. The molecule has 0 unspecified atom stereocenters. The highest BCUT2D eigenvalue weighted by Crippen LogP contribution is 2.20. The van der Waals surface area contributed by atoms with Gasteiger partial charge in [0, 0.05) is 24.5 Å². The van der Waals surface area contributed by atoms with Crippen molar-refractivity contribution in [1.29, 1.82) is 0 Å². The number of carbonyl (C=O) groups is 1. The minimum Gasteiger partial charge on any atom is -0.329 e. The molecule has 80 valence electrons. The van der Waals surface area contributed by atoms with E-state index in [4.69, 9.17) is 0 Å². The second-order valence-electron chi connectivity index (χ2n) is 3.46. The fourth-order valence-corrected chi connectivity index (χ4v) is 1.45. The molecule has 0 spiro atoms. The maximum atomic E-state index is 10.5. The van der Waals surface area contributed by atoms with Gasteiger partial charge in [0.2, 0.25) is 0 Å². The van der Waals surface area contributed by atoms with E-state index in [1.165, 1.54) is 0 Å². The lowest BCUT2D eigenvalue weighted by molar-refractivity contribution is 0.112. The molecule has 0 bridgehead atoms. The van der Waals surface area contributed by atoms with Crippen LogP contribution in [0.3, 0.4) is 0 Å². The lowest BCUT2D eigenvalue weighted by Crippen LogP contribution is -2.10. The monoisotopic (exact) mass is 212 g/mol. The second kappa shape index (κ2) is 4.57. The Bertz CT molecular complexity index is 465. The summed E-state index contributed by atoms with van der Waals surface area (Å²) in [5.41, 5.74) is 1.65. The second-order valence-corrected chi connectivity index (χ2v) is 3.46. The summed E-state index contributed by atoms with van der Waals surface area (Å²) in [7, 11) is 1.94. The third-order valence-corrected chi connectivity index (χ3v) is 2.39. The average molecular weight is 212 g/mol. The normalized spacial score (nSPS) is 9.81. The molecule has 0 saturated carbocycles. The van der Waals surface area contributed by atoms with E-state index in [0.717, 1.165) is 17.8 Å². The summed E-state index contributed by atoms with van der Waals surface area (Å²) in [6, 6.07) is 13.5. The first kappa shape index (κ1) is 10.4. The predicted octanol–water partition coefficient (Wildman–Crippen LogP) is 2.66. The van der Waals surface area contributed by atoms with Crippen LogP contribution >= 0.6 is 0 Å². The maximum Gasteiger partial charge on any atom is 0.151 e. The molecule has 2 rings (SSSR count). The Morgan fingerprint density at radius 1 is 1.12 bits per heavy atom. The first-order valence-electron chi connectivity index (χ1n) is 5.01. The van der Waals surface area contributed by atoms with Crippen molar-refractivity contribution >= 4 is 17.8 Å². The van der Waals surface area contributed by atoms with Gasteiger partial charge in [-0.3, -0.25) is 4.79 Å². The molecule has 3 nitrogen and oxygen atoms in total. The molecule has 0 atom stereocenters. The van der Waals surface area contributed by atoms with Gasteiger partial charge in [-0.2, -0.15) is 0 Å². The van der Waals surface area contributed by atoms with Crippen LogP contribution in [-0.4, -0.2) is 18.3 Å². The summed E-state index contributed by atoms with van der Waals surface area (Å²) in [6.07, 6.45) is 2.36. The predicted molar refractivity (Wildman–Crippen MR) is 64.1 cm³/mol. The Morgan fingerprint density at radius 3 is 2.44 bits per heavy atom. The number of aldehydes is 1. The Hall–Kier alpha value is -2.16. The number of rotatable bonds is 3. The number of benzene rings is 1. The number of nitrogens with zero attached hydrogens (tertiary/aromatic N) is 2. The van der Waals surface area contributed by atoms with Gasteiger partial charge in [-0.15, -0.1) is 0 Å². The highest BCUT2D eigenvalue weighted by molar-refractivity contribution is 5.74. The molecule has 0 saturated heterocycles. The maximum absolute atomic E-state index is 10.5. The van der Waals surface area contributed by atoms with E-state index in [2.05, 4.69) is 4.98 Å². The number of anilines is 2. The van der Waals surface area contributed by atoms with Crippen molar-refractivity contribution in [3.05, 3.63) is 54.2 Å². The van der Waals surface area contributed by atoms with E-state index in [9.17, 15) is 4.79 Å². The summed E-state index contributed by atoms with van der Waals surface area (Å²) < 4.78 is 0. The Kier molecular flexibility index (Phi) is 2.96. The molecule has 1 aromatic heterocycles. The molecule has 0 radical (unpaired) electrons. The average Bonchev–Trinajstić information content (AvgIpc) is 2.39. The smallest absolute Gasteiger partial charge is 0.151 e. The van der Waals surface area contributed by atoms with Crippen LogP contribution in [0, 0.1) is 0 Å². The molecule has 0 N–H and O–H groups in total. The molecular formula is C13H12N2O. The van der Waals surface area contributed by atoms with Crippen molar-refractivity contribution in [2.24, 2.45) is 0 Å². The molecular weight excluding hydrogens is 200 g/mol. The summed E-state index contributed by atoms with van der Waals surface area (Å²) in [5, 5.41) is 0. The van der Waals surface area contributed by atoms with Crippen LogP contribution in [-0.2, 0) is 0 Å². The lowest BCUT2D eigenvalue weighted by atomic mass is 10.2. The van der Waals surface area contributed by atoms with Gasteiger partial charge in [-0.05, 0) is 24.3 Å². The van der Waals surface area contributed by atoms with Crippen molar-refractivity contribution in [2.45, 2.75) is 0 Å². The van der Waals surface area contributed by atoms with Crippen molar-refractivity contribution in [3.8, 4) is 0 Å². The van der Waals surface area contributed by atoms with Gasteiger partial charge < -0.3 is 4.90 Å². The minimum atomic E-state index is 0.588. The summed E-state index contributed by atoms with van der Waals surface area (Å²) >= 11 is 0. The van der Waals surface area contributed by atoms with E-state index in [0.29, 0.717) is 5.56 Å². The van der Waals surface area contributed by atoms with E-state index in [-0.39, 0.29) is 0 Å². The highest BCUT2D eigenvalue weighted by Gasteiger charge is 2.03. The van der Waals surface area contributed by atoms with Crippen molar-refractivity contribution < 1.29 is 4.79 Å². The molecule has 3 heteroatoms. The number of hydrogen-bond acceptors (Lipinski definition) is 3. The van der Waals surface area contributed by atoms with E-state index in [1.54, 1.807) is 12.3 Å². The highest BCUT2D eigenvalue weighted by atomic mass is 16.1. The quantitative estimate of drug-likeness (QED) is 0.733. The van der Waals surface area contributed by atoms with Crippen LogP contribution in [0.25, 0.3) is 0 Å². The summed E-state index contributed by atoms with van der Waals surface area (Å²) in [5.74, 6) is 0.816. The van der Waals surface area contributed by atoms with Gasteiger partial charge in [0.1, 0.15) is 5.82 Å². The van der Waals surface area contributed by atoms with Gasteiger partial charge in [-0.1, -0.05) is 18.2 Å². The van der Waals surface area contributed by atoms with E-state index < -0.39 is 0 Å². The van der Waals surface area contributed by atoms with Gasteiger partial charge in [0.05, 0.1) is 0 Å². The third kappa shape index (κ3) is 2.08. The molecule has 0 aliphatic heterocycles. The van der Waals surface area contributed by atoms with Crippen LogP contribution in [0.1, 0.15) is 10.4 Å². The molecule has 0 aliphatic carbocycles. The summed E-state index contributed by atoms with van der Waals surface area (Å²) in [4.78, 5) is 16.7. The molecule has 0 aliphatic rings. The number of para-hydroxylation sites is 1. The Morgan fingerprint density at radius 2 is 1.88 bits per heavy atom. The van der Waals surface area contributed by atoms with Crippen LogP contribution in [0.4, 0.5) is 11.5 Å². The standard InChI is InChI=1S/C13H12N2O/c1-15(12-5-3-2-4-6-12)13-8-7-11(10-16)9-14-13/h2-10H,1H3. The van der Waals surface area contributed by atoms with E-state index >= 15 is 0 Å². The number of carbonyl (C=O) groups excluding carboxylic acids is 1. The third-order valence-electron chi connectivity index (χ3n) is 2.39. The molecule has 1 aromatic carbocycles. The Labute approximate surface area is 94.4 Å². The van der Waals surface area contributed by atoms with Crippen LogP contribution in [0.15, 0.2) is 48.7 Å². The number of aromatic nitrogens is 1. The minimum absolute atomic E-state index is 0.588. The molecule has 1 heterocycles. The van der Waals surface area contributed by atoms with Gasteiger partial charge in [-0.25, -0.2) is 4.98 Å². The van der Waals surface area contributed by atoms with Crippen molar-refractivity contribution in [2.75, 3.05) is 11.9 Å². The molecule has 16 heavy (non-hydrogen) atoms. The Balaban J connectivity index is 2.27. The molecule has 0 fully saturated rings. The van der Waals surface area contributed by atoms with Gasteiger partial charge in [0.25, 0.3) is 0 Å². The van der Waals surface area contributed by atoms with Crippen LogP contribution in [0.5, 0.6) is 0 Å². The van der Waals surface area contributed by atoms with E-state index in [1.807, 2.05) is 48.3 Å². The van der Waals surface area contributed by atoms with Crippen LogP contribution < -0.4 is 4.90 Å². The molecule has 0 amide bonds. The topological polar surface area (TPSA) is 33.2 Å². The fourth-order valence-electron chi connectivity index (χ4n) is 1.45. The first-order valence-corrected chi connectivity index (χ1v) is 5.01. The fraction of sp³-hybridized carbons (Fsp3) is 0.0769. The zero-order valence-electron chi connectivity index (χ0n) is 9.00. The van der Waals surface area contributed by atoms with Crippen molar-refractivity contribution in [3.63, 3.8) is 0 Å². The number of pyridine rings is 1. The van der Waals surface area contributed by atoms with Crippen LogP contribution in [0.2, 0.25) is 0 Å². The number of hydrogen-bond donors (Lipinski definition) is 0. The van der Waals surface area contributed by atoms with Crippen molar-refractivity contribution in [1.82, 2.24) is 4.98 Å². The zero-order valence-corrected chi connectivity index (χ0v) is 9.00. The largest absolute Gasteiger partial charge is 0.329 e.